The van der Waals surface area contributed by atoms with Gasteiger partial charge in [0, 0.05) is 23.6 Å². The van der Waals surface area contributed by atoms with Crippen LogP contribution in [0.25, 0.3) is 0 Å². The van der Waals surface area contributed by atoms with Gasteiger partial charge >= 0.3 is 0 Å². The minimum Gasteiger partial charge on any atom is -0.370 e. The van der Waals surface area contributed by atoms with Gasteiger partial charge in [-0.2, -0.15) is 0 Å². The van der Waals surface area contributed by atoms with Crippen molar-refractivity contribution in [1.82, 2.24) is 9.97 Å². The Morgan fingerprint density at radius 3 is 2.16 bits per heavy atom. The first-order valence-corrected chi connectivity index (χ1v) is 7.15. The summed E-state index contributed by atoms with van der Waals surface area (Å²) in [5.74, 6) is 3.09. The van der Waals surface area contributed by atoms with Crippen molar-refractivity contribution in [3.63, 3.8) is 0 Å². The maximum absolute atomic E-state index is 4.66. The third-order valence-corrected chi connectivity index (χ3v) is 2.72. The summed E-state index contributed by atoms with van der Waals surface area (Å²) in [7, 11) is 0. The Labute approximate surface area is 117 Å². The van der Waals surface area contributed by atoms with Gasteiger partial charge in [0.25, 0.3) is 0 Å². The highest BCUT2D eigenvalue weighted by atomic mass is 15.1. The molecule has 2 N–H and O–H groups in total. The molecular weight excluding hydrogens is 236 g/mol. The quantitative estimate of drug-likeness (QED) is 0.845. The summed E-state index contributed by atoms with van der Waals surface area (Å²) in [5, 5.41) is 6.86. The molecule has 0 saturated carbocycles. The third-order valence-electron chi connectivity index (χ3n) is 2.72. The molecule has 4 nitrogen and oxygen atoms in total. The molecule has 0 bridgehead atoms. The Morgan fingerprint density at radius 1 is 1.11 bits per heavy atom. The predicted molar refractivity (Wildman–Crippen MR) is 83.0 cm³/mol. The van der Waals surface area contributed by atoms with E-state index < -0.39 is 0 Å². The molecule has 0 radical (unpaired) electrons. The smallest absolute Gasteiger partial charge is 0.135 e. The molecule has 19 heavy (non-hydrogen) atoms. The molecule has 0 unspecified atom stereocenters. The molecule has 0 aliphatic carbocycles. The van der Waals surface area contributed by atoms with Crippen LogP contribution in [0.5, 0.6) is 0 Å². The average molecular weight is 264 g/mol. The van der Waals surface area contributed by atoms with E-state index in [-0.39, 0.29) is 5.54 Å². The summed E-state index contributed by atoms with van der Waals surface area (Å²) in [4.78, 5) is 9.30. The molecule has 1 aromatic heterocycles. The van der Waals surface area contributed by atoms with E-state index in [1.807, 2.05) is 0 Å². The van der Waals surface area contributed by atoms with Gasteiger partial charge < -0.3 is 10.6 Å². The lowest BCUT2D eigenvalue weighted by atomic mass is 10.1. The van der Waals surface area contributed by atoms with Crippen LogP contribution >= 0.6 is 0 Å². The monoisotopic (exact) mass is 264 g/mol. The highest BCUT2D eigenvalue weighted by molar-refractivity contribution is 5.58. The molecule has 0 fully saturated rings. The first-order valence-electron chi connectivity index (χ1n) is 7.15. The van der Waals surface area contributed by atoms with Crippen molar-refractivity contribution < 1.29 is 0 Å². The molecular formula is C15H28N4. The maximum Gasteiger partial charge on any atom is 0.135 e. The number of rotatable bonds is 5. The predicted octanol–water partition coefficient (Wildman–Crippen LogP) is 3.94. The fourth-order valence-electron chi connectivity index (χ4n) is 1.68. The summed E-state index contributed by atoms with van der Waals surface area (Å²) in [5.41, 5.74) is 1.09. The van der Waals surface area contributed by atoms with Crippen molar-refractivity contribution in [3.05, 3.63) is 11.4 Å². The second-order valence-corrected chi connectivity index (χ2v) is 6.36. The van der Waals surface area contributed by atoms with Crippen LogP contribution < -0.4 is 10.6 Å². The van der Waals surface area contributed by atoms with E-state index in [1.54, 1.807) is 0 Å². The molecule has 108 valence electrons. The van der Waals surface area contributed by atoms with Crippen LogP contribution in [-0.4, -0.2) is 22.1 Å². The standard InChI is InChI=1S/C15H28N4/c1-8-9-16-13-11(4)14(19-15(5,6)7)18-12(17-13)10(2)3/h10H,8-9H2,1-7H3,(H2,16,17,18,19). The van der Waals surface area contributed by atoms with Crippen LogP contribution in [0.2, 0.25) is 0 Å². The van der Waals surface area contributed by atoms with E-state index >= 15 is 0 Å². The highest BCUT2D eigenvalue weighted by Gasteiger charge is 2.17. The van der Waals surface area contributed by atoms with Gasteiger partial charge in [-0.1, -0.05) is 20.8 Å². The van der Waals surface area contributed by atoms with Gasteiger partial charge in [-0.25, -0.2) is 9.97 Å². The van der Waals surface area contributed by atoms with Gasteiger partial charge in [-0.15, -0.1) is 0 Å². The van der Waals surface area contributed by atoms with Crippen LogP contribution in [0.15, 0.2) is 0 Å². The summed E-state index contributed by atoms with van der Waals surface area (Å²) in [6.45, 7) is 15.8. The van der Waals surface area contributed by atoms with Crippen molar-refractivity contribution >= 4 is 11.6 Å². The van der Waals surface area contributed by atoms with Crippen molar-refractivity contribution in [2.75, 3.05) is 17.2 Å². The SMILES string of the molecule is CCCNc1nc(C(C)C)nc(NC(C)(C)C)c1C. The molecule has 0 spiro atoms. The molecule has 0 saturated heterocycles. The van der Waals surface area contributed by atoms with Crippen molar-refractivity contribution in [2.24, 2.45) is 0 Å². The Morgan fingerprint density at radius 2 is 1.68 bits per heavy atom. The molecule has 0 atom stereocenters. The summed E-state index contributed by atoms with van der Waals surface area (Å²) in [6.07, 6.45) is 1.09. The first-order chi connectivity index (χ1) is 8.74. The normalized spacial score (nSPS) is 11.8. The molecule has 1 rings (SSSR count). The zero-order valence-electron chi connectivity index (χ0n) is 13.4. The molecule has 0 amide bonds. The number of hydrogen-bond acceptors (Lipinski definition) is 4. The lowest BCUT2D eigenvalue weighted by Gasteiger charge is -2.24. The van der Waals surface area contributed by atoms with E-state index in [0.717, 1.165) is 36.0 Å². The second-order valence-electron chi connectivity index (χ2n) is 6.36. The van der Waals surface area contributed by atoms with Gasteiger partial charge in [0.1, 0.15) is 17.5 Å². The van der Waals surface area contributed by atoms with Crippen molar-refractivity contribution in [1.29, 1.82) is 0 Å². The van der Waals surface area contributed by atoms with Crippen LogP contribution in [0.4, 0.5) is 11.6 Å². The first kappa shape index (κ1) is 15.7. The van der Waals surface area contributed by atoms with Gasteiger partial charge in [0.2, 0.25) is 0 Å². The Kier molecular flexibility index (Phi) is 5.15. The summed E-state index contributed by atoms with van der Waals surface area (Å²) in [6, 6.07) is 0. The van der Waals surface area contributed by atoms with E-state index in [2.05, 4.69) is 69.1 Å². The largest absolute Gasteiger partial charge is 0.370 e. The fraction of sp³-hybridized carbons (Fsp3) is 0.733. The van der Waals surface area contributed by atoms with E-state index in [4.69, 9.17) is 0 Å². The van der Waals surface area contributed by atoms with Crippen LogP contribution in [0.3, 0.4) is 0 Å². The second kappa shape index (κ2) is 6.22. The minimum atomic E-state index is -0.00457. The Balaban J connectivity index is 3.16. The fourth-order valence-corrected chi connectivity index (χ4v) is 1.68. The van der Waals surface area contributed by atoms with Gasteiger partial charge in [-0.3, -0.25) is 0 Å². The molecule has 0 aliphatic rings. The van der Waals surface area contributed by atoms with Gasteiger partial charge in [-0.05, 0) is 34.1 Å². The van der Waals surface area contributed by atoms with Gasteiger partial charge in [0.05, 0.1) is 0 Å². The minimum absolute atomic E-state index is 0.00457. The van der Waals surface area contributed by atoms with Crippen LogP contribution in [0.1, 0.15) is 65.3 Å². The summed E-state index contributed by atoms with van der Waals surface area (Å²) < 4.78 is 0. The Bertz CT molecular complexity index is 419. The zero-order chi connectivity index (χ0) is 14.6. The molecule has 1 heterocycles. The van der Waals surface area contributed by atoms with Gasteiger partial charge in [0.15, 0.2) is 0 Å². The van der Waals surface area contributed by atoms with Crippen LogP contribution in [-0.2, 0) is 0 Å². The van der Waals surface area contributed by atoms with Crippen LogP contribution in [0, 0.1) is 6.92 Å². The third kappa shape index (κ3) is 4.69. The lowest BCUT2D eigenvalue weighted by molar-refractivity contribution is 0.626. The maximum atomic E-state index is 4.66. The number of hydrogen-bond donors (Lipinski definition) is 2. The number of nitrogens with zero attached hydrogens (tertiary/aromatic N) is 2. The van der Waals surface area contributed by atoms with Crippen molar-refractivity contribution in [3.8, 4) is 0 Å². The zero-order valence-corrected chi connectivity index (χ0v) is 13.4. The Hall–Kier alpha value is -1.32. The summed E-state index contributed by atoms with van der Waals surface area (Å²) >= 11 is 0. The number of anilines is 2. The van der Waals surface area contributed by atoms with E-state index in [1.165, 1.54) is 0 Å². The lowest BCUT2D eigenvalue weighted by Crippen LogP contribution is -2.28. The molecule has 1 aromatic rings. The van der Waals surface area contributed by atoms with E-state index in [9.17, 15) is 0 Å². The number of nitrogens with one attached hydrogen (secondary N) is 2. The average Bonchev–Trinajstić information content (AvgIpc) is 2.28. The molecule has 4 heteroatoms. The highest BCUT2D eigenvalue weighted by Crippen LogP contribution is 2.25. The molecule has 0 aromatic carbocycles. The van der Waals surface area contributed by atoms with Crippen molar-refractivity contribution in [2.45, 2.75) is 66.3 Å². The topological polar surface area (TPSA) is 49.8 Å². The molecule has 0 aliphatic heterocycles. The number of aromatic nitrogens is 2. The van der Waals surface area contributed by atoms with E-state index in [0.29, 0.717) is 5.92 Å².